The number of rotatable bonds is 2. The predicted molar refractivity (Wildman–Crippen MR) is 84.6 cm³/mol. The van der Waals surface area contributed by atoms with Gasteiger partial charge in [0.15, 0.2) is 0 Å². The van der Waals surface area contributed by atoms with E-state index >= 15 is 0 Å². The molecule has 3 aromatic rings. The molecule has 0 saturated heterocycles. The maximum atomic E-state index is 6.04. The van der Waals surface area contributed by atoms with Crippen LogP contribution in [0.15, 0.2) is 18.5 Å². The molecule has 3 rings (SSSR count). The molecule has 6 heteroatoms. The van der Waals surface area contributed by atoms with Crippen molar-refractivity contribution in [1.82, 2.24) is 14.5 Å². The predicted octanol–water partition coefficient (Wildman–Crippen LogP) is 3.95. The fraction of sp³-hybridized carbons (Fsp3) is 0.286. The zero-order valence-corrected chi connectivity index (χ0v) is 13.1. The van der Waals surface area contributed by atoms with E-state index in [2.05, 4.69) is 41.4 Å². The van der Waals surface area contributed by atoms with E-state index in [9.17, 15) is 0 Å². The van der Waals surface area contributed by atoms with Crippen molar-refractivity contribution in [3.8, 4) is 0 Å². The summed E-state index contributed by atoms with van der Waals surface area (Å²) in [7, 11) is 0. The summed E-state index contributed by atoms with van der Waals surface area (Å²) in [6.07, 6.45) is 1.52. The third kappa shape index (κ3) is 1.89. The SMILES string of the molecule is Cc1c(C)n(C(C)c2ccc(Cl)s2)c2ncnc(N)c12. The minimum absolute atomic E-state index is 0.165. The molecule has 0 spiro atoms. The number of aryl methyl sites for hydroxylation is 1. The number of nitrogens with zero attached hydrogens (tertiary/aromatic N) is 3. The van der Waals surface area contributed by atoms with E-state index in [1.807, 2.05) is 6.07 Å². The molecule has 0 fully saturated rings. The van der Waals surface area contributed by atoms with Crippen LogP contribution in [0.1, 0.15) is 29.1 Å². The quantitative estimate of drug-likeness (QED) is 0.780. The molecule has 0 saturated carbocycles. The summed E-state index contributed by atoms with van der Waals surface area (Å²) < 4.78 is 3.00. The Balaban J connectivity index is 2.26. The lowest BCUT2D eigenvalue weighted by molar-refractivity contribution is 0.650. The lowest BCUT2D eigenvalue weighted by atomic mass is 10.2. The first-order valence-electron chi connectivity index (χ1n) is 6.33. The van der Waals surface area contributed by atoms with Gasteiger partial charge in [-0.2, -0.15) is 0 Å². The van der Waals surface area contributed by atoms with E-state index in [4.69, 9.17) is 17.3 Å². The molecule has 3 heterocycles. The largest absolute Gasteiger partial charge is 0.383 e. The lowest BCUT2D eigenvalue weighted by Crippen LogP contribution is -2.08. The van der Waals surface area contributed by atoms with Gasteiger partial charge < -0.3 is 10.3 Å². The third-order valence-corrected chi connectivity index (χ3v) is 5.16. The fourth-order valence-corrected chi connectivity index (χ4v) is 3.71. The van der Waals surface area contributed by atoms with Gasteiger partial charge in [0, 0.05) is 10.6 Å². The Kier molecular flexibility index (Phi) is 3.18. The first-order valence-corrected chi connectivity index (χ1v) is 7.53. The Hall–Kier alpha value is -1.59. The molecule has 0 aliphatic rings. The molecule has 0 aliphatic heterocycles. The molecule has 104 valence electrons. The van der Waals surface area contributed by atoms with Gasteiger partial charge in [-0.3, -0.25) is 0 Å². The van der Waals surface area contributed by atoms with Crippen molar-refractivity contribution in [3.05, 3.63) is 38.9 Å². The second-order valence-corrected chi connectivity index (χ2v) is 6.60. The smallest absolute Gasteiger partial charge is 0.146 e. The summed E-state index contributed by atoms with van der Waals surface area (Å²) in [6, 6.07) is 4.15. The molecule has 0 aromatic carbocycles. The number of anilines is 1. The van der Waals surface area contributed by atoms with E-state index in [-0.39, 0.29) is 6.04 Å². The fourth-order valence-electron chi connectivity index (χ4n) is 2.61. The molecule has 2 N–H and O–H groups in total. The van der Waals surface area contributed by atoms with Crippen LogP contribution in [0.4, 0.5) is 5.82 Å². The highest BCUT2D eigenvalue weighted by molar-refractivity contribution is 7.16. The highest BCUT2D eigenvalue weighted by Gasteiger charge is 2.20. The average Bonchev–Trinajstić information content (AvgIpc) is 2.94. The first kappa shape index (κ1) is 13.4. The molecule has 0 aliphatic carbocycles. The van der Waals surface area contributed by atoms with Crippen LogP contribution >= 0.6 is 22.9 Å². The van der Waals surface area contributed by atoms with Gasteiger partial charge in [-0.05, 0) is 38.5 Å². The summed E-state index contributed by atoms with van der Waals surface area (Å²) in [5.74, 6) is 0.533. The average molecular weight is 307 g/mol. The standard InChI is InChI=1S/C14H15ClN4S/c1-7-8(2)19(9(3)10-4-5-11(15)20-10)14-12(7)13(16)17-6-18-14/h4-6,9H,1-3H3,(H2,16,17,18). The Morgan fingerprint density at radius 2 is 2.05 bits per heavy atom. The van der Waals surface area contributed by atoms with E-state index in [0.717, 1.165) is 26.6 Å². The molecule has 4 nitrogen and oxygen atoms in total. The summed E-state index contributed by atoms with van der Waals surface area (Å²) in [4.78, 5) is 9.72. The maximum absolute atomic E-state index is 6.04. The topological polar surface area (TPSA) is 56.7 Å². The summed E-state index contributed by atoms with van der Waals surface area (Å²) in [5.41, 5.74) is 9.17. The monoisotopic (exact) mass is 306 g/mol. The van der Waals surface area contributed by atoms with Crippen molar-refractivity contribution in [3.63, 3.8) is 0 Å². The molecular formula is C14H15ClN4S. The number of fused-ring (bicyclic) bond motifs is 1. The minimum Gasteiger partial charge on any atom is -0.383 e. The summed E-state index contributed by atoms with van der Waals surface area (Å²) in [6.45, 7) is 6.29. The van der Waals surface area contributed by atoms with Gasteiger partial charge >= 0.3 is 0 Å². The number of halogens is 1. The van der Waals surface area contributed by atoms with Crippen molar-refractivity contribution in [1.29, 1.82) is 0 Å². The van der Waals surface area contributed by atoms with Crippen LogP contribution in [0.2, 0.25) is 4.34 Å². The van der Waals surface area contributed by atoms with Gasteiger partial charge in [-0.25, -0.2) is 9.97 Å². The number of thiophene rings is 1. The molecule has 20 heavy (non-hydrogen) atoms. The van der Waals surface area contributed by atoms with Crippen molar-refractivity contribution < 1.29 is 0 Å². The molecule has 3 aromatic heterocycles. The number of nitrogen functional groups attached to an aromatic ring is 1. The second kappa shape index (κ2) is 4.75. The van der Waals surface area contributed by atoms with E-state index in [1.54, 1.807) is 11.3 Å². The maximum Gasteiger partial charge on any atom is 0.146 e. The first-order chi connectivity index (χ1) is 9.50. The second-order valence-electron chi connectivity index (χ2n) is 4.86. The van der Waals surface area contributed by atoms with Crippen LogP contribution in [0.25, 0.3) is 11.0 Å². The summed E-state index contributed by atoms with van der Waals surface area (Å²) in [5, 5.41) is 0.944. The van der Waals surface area contributed by atoms with Crippen LogP contribution in [-0.4, -0.2) is 14.5 Å². The Labute approximate surface area is 126 Å². The normalized spacial score (nSPS) is 13.0. The van der Waals surface area contributed by atoms with Gasteiger partial charge in [0.2, 0.25) is 0 Å². The van der Waals surface area contributed by atoms with Gasteiger partial charge in [0.25, 0.3) is 0 Å². The minimum atomic E-state index is 0.165. The van der Waals surface area contributed by atoms with Crippen molar-refractivity contribution in [2.45, 2.75) is 26.8 Å². The zero-order chi connectivity index (χ0) is 14.4. The van der Waals surface area contributed by atoms with E-state index in [0.29, 0.717) is 5.82 Å². The molecular weight excluding hydrogens is 292 g/mol. The van der Waals surface area contributed by atoms with E-state index < -0.39 is 0 Å². The number of aromatic nitrogens is 3. The van der Waals surface area contributed by atoms with Gasteiger partial charge in [0.1, 0.15) is 17.8 Å². The molecule has 1 atom stereocenters. The Morgan fingerprint density at radius 3 is 2.70 bits per heavy atom. The summed E-state index contributed by atoms with van der Waals surface area (Å²) >= 11 is 7.64. The Bertz CT molecular complexity index is 790. The Morgan fingerprint density at radius 1 is 1.30 bits per heavy atom. The highest BCUT2D eigenvalue weighted by Crippen LogP contribution is 2.35. The van der Waals surface area contributed by atoms with Crippen molar-refractivity contribution in [2.24, 2.45) is 0 Å². The highest BCUT2D eigenvalue weighted by atomic mass is 35.5. The third-order valence-electron chi connectivity index (χ3n) is 3.76. The zero-order valence-electron chi connectivity index (χ0n) is 11.5. The molecule has 0 radical (unpaired) electrons. The van der Waals surface area contributed by atoms with Crippen LogP contribution in [0.3, 0.4) is 0 Å². The van der Waals surface area contributed by atoms with E-state index in [1.165, 1.54) is 11.2 Å². The van der Waals surface area contributed by atoms with Crippen LogP contribution in [0, 0.1) is 13.8 Å². The number of hydrogen-bond donors (Lipinski definition) is 1. The van der Waals surface area contributed by atoms with Crippen LogP contribution in [0.5, 0.6) is 0 Å². The molecule has 0 amide bonds. The number of nitrogens with two attached hydrogens (primary N) is 1. The van der Waals surface area contributed by atoms with Gasteiger partial charge in [-0.15, -0.1) is 11.3 Å². The van der Waals surface area contributed by atoms with Crippen molar-refractivity contribution >= 4 is 39.8 Å². The number of hydrogen-bond acceptors (Lipinski definition) is 4. The molecule has 1 unspecified atom stereocenters. The lowest BCUT2D eigenvalue weighted by Gasteiger charge is -2.15. The molecule has 0 bridgehead atoms. The van der Waals surface area contributed by atoms with Gasteiger partial charge in [0.05, 0.1) is 15.8 Å². The van der Waals surface area contributed by atoms with Crippen molar-refractivity contribution in [2.75, 3.05) is 5.73 Å². The van der Waals surface area contributed by atoms with Crippen LogP contribution < -0.4 is 5.73 Å². The van der Waals surface area contributed by atoms with Gasteiger partial charge in [-0.1, -0.05) is 11.6 Å². The van der Waals surface area contributed by atoms with Crippen LogP contribution in [-0.2, 0) is 0 Å².